The van der Waals surface area contributed by atoms with Gasteiger partial charge >= 0.3 is 0 Å². The minimum absolute atomic E-state index is 0.120. The van der Waals surface area contributed by atoms with Gasteiger partial charge in [0.2, 0.25) is 0 Å². The summed E-state index contributed by atoms with van der Waals surface area (Å²) in [6.07, 6.45) is 8.75. The van der Waals surface area contributed by atoms with Gasteiger partial charge in [0.1, 0.15) is 0 Å². The fourth-order valence-corrected chi connectivity index (χ4v) is 2.70. The third-order valence-electron chi connectivity index (χ3n) is 4.08. The monoisotopic (exact) mass is 271 g/mol. The van der Waals surface area contributed by atoms with Crippen LogP contribution in [0.15, 0.2) is 0 Å². The van der Waals surface area contributed by atoms with Crippen molar-refractivity contribution in [2.24, 2.45) is 0 Å². The summed E-state index contributed by atoms with van der Waals surface area (Å²) in [7, 11) is 1.70. The third kappa shape index (κ3) is 5.78. The normalized spacial score (nSPS) is 21.9. The van der Waals surface area contributed by atoms with E-state index in [1.165, 1.54) is 38.5 Å². The maximum absolute atomic E-state index is 6.20. The summed E-state index contributed by atoms with van der Waals surface area (Å²) < 4.78 is 16.6. The van der Waals surface area contributed by atoms with Crippen molar-refractivity contribution in [1.82, 2.24) is 5.32 Å². The van der Waals surface area contributed by atoms with E-state index in [1.807, 2.05) is 0 Å². The molecule has 112 valence electrons. The van der Waals surface area contributed by atoms with Crippen molar-refractivity contribution >= 4 is 0 Å². The van der Waals surface area contributed by atoms with Gasteiger partial charge in [-0.1, -0.05) is 12.8 Å². The Morgan fingerprint density at radius 3 is 2.53 bits per heavy atom. The van der Waals surface area contributed by atoms with Crippen molar-refractivity contribution in [2.45, 2.75) is 56.6 Å². The standard InChI is InChI=1S/C15H29NO3/c1-17-11-12-18-9-4-10-19-15(7-2-3-8-15)13-16-14-5-6-14/h14,16H,2-13H2,1H3. The second-order valence-corrected chi connectivity index (χ2v) is 5.85. The molecule has 2 saturated carbocycles. The van der Waals surface area contributed by atoms with Crippen molar-refractivity contribution in [2.75, 3.05) is 40.1 Å². The number of ether oxygens (including phenoxy) is 3. The lowest BCUT2D eigenvalue weighted by Crippen LogP contribution is -2.42. The van der Waals surface area contributed by atoms with Gasteiger partial charge in [-0.15, -0.1) is 0 Å². The molecule has 4 heteroatoms. The topological polar surface area (TPSA) is 39.7 Å². The summed E-state index contributed by atoms with van der Waals surface area (Å²) >= 11 is 0. The molecule has 0 amide bonds. The van der Waals surface area contributed by atoms with E-state index >= 15 is 0 Å². The molecule has 0 atom stereocenters. The van der Waals surface area contributed by atoms with E-state index in [0.29, 0.717) is 13.2 Å². The Morgan fingerprint density at radius 2 is 1.84 bits per heavy atom. The predicted octanol–water partition coefficient (Wildman–Crippen LogP) is 2.12. The van der Waals surface area contributed by atoms with Crippen LogP contribution >= 0.6 is 0 Å². The van der Waals surface area contributed by atoms with E-state index in [0.717, 1.165) is 32.2 Å². The molecule has 2 aliphatic carbocycles. The van der Waals surface area contributed by atoms with Crippen molar-refractivity contribution in [1.29, 1.82) is 0 Å². The Kier molecular flexibility index (Phi) is 6.57. The fourth-order valence-electron chi connectivity index (χ4n) is 2.70. The Morgan fingerprint density at radius 1 is 1.05 bits per heavy atom. The van der Waals surface area contributed by atoms with Crippen LogP contribution in [0.3, 0.4) is 0 Å². The largest absolute Gasteiger partial charge is 0.382 e. The van der Waals surface area contributed by atoms with Gasteiger partial charge in [-0.25, -0.2) is 0 Å². The molecule has 0 aromatic carbocycles. The average Bonchev–Trinajstić information content (AvgIpc) is 3.15. The van der Waals surface area contributed by atoms with Crippen molar-refractivity contribution in [3.8, 4) is 0 Å². The van der Waals surface area contributed by atoms with Crippen LogP contribution < -0.4 is 5.32 Å². The summed E-state index contributed by atoms with van der Waals surface area (Å²) in [6, 6.07) is 0.776. The highest BCUT2D eigenvalue weighted by molar-refractivity contribution is 4.92. The third-order valence-corrected chi connectivity index (χ3v) is 4.08. The molecular weight excluding hydrogens is 242 g/mol. The second-order valence-electron chi connectivity index (χ2n) is 5.85. The molecule has 0 unspecified atom stereocenters. The Labute approximate surface area is 117 Å². The zero-order valence-corrected chi connectivity index (χ0v) is 12.3. The highest BCUT2D eigenvalue weighted by atomic mass is 16.5. The van der Waals surface area contributed by atoms with Crippen LogP contribution in [0.5, 0.6) is 0 Å². The minimum Gasteiger partial charge on any atom is -0.382 e. The summed E-state index contributed by atoms with van der Waals surface area (Å²) in [5.74, 6) is 0. The van der Waals surface area contributed by atoms with Crippen molar-refractivity contribution in [3.05, 3.63) is 0 Å². The number of hydrogen-bond donors (Lipinski definition) is 1. The Balaban J connectivity index is 1.54. The molecule has 0 radical (unpaired) electrons. The lowest BCUT2D eigenvalue weighted by molar-refractivity contribution is -0.0482. The molecule has 0 aromatic heterocycles. The molecule has 0 bridgehead atoms. The van der Waals surface area contributed by atoms with Crippen molar-refractivity contribution in [3.63, 3.8) is 0 Å². The number of rotatable bonds is 11. The first-order valence-electron chi connectivity index (χ1n) is 7.79. The first-order chi connectivity index (χ1) is 9.35. The Bertz CT molecular complexity index is 238. The van der Waals surface area contributed by atoms with Gasteiger partial charge in [0.25, 0.3) is 0 Å². The maximum Gasteiger partial charge on any atom is 0.0806 e. The fraction of sp³-hybridized carbons (Fsp3) is 1.00. The molecule has 0 spiro atoms. The zero-order valence-electron chi connectivity index (χ0n) is 12.3. The molecule has 0 saturated heterocycles. The lowest BCUT2D eigenvalue weighted by atomic mass is 10.0. The highest BCUT2D eigenvalue weighted by Gasteiger charge is 2.36. The van der Waals surface area contributed by atoms with Crippen LogP contribution in [0.4, 0.5) is 0 Å². The van der Waals surface area contributed by atoms with Gasteiger partial charge in [0.05, 0.1) is 18.8 Å². The molecule has 1 N–H and O–H groups in total. The summed E-state index contributed by atoms with van der Waals surface area (Å²) in [5.41, 5.74) is 0.120. The average molecular weight is 271 g/mol. The van der Waals surface area contributed by atoms with Gasteiger partial charge in [-0.3, -0.25) is 0 Å². The van der Waals surface area contributed by atoms with Gasteiger partial charge < -0.3 is 19.5 Å². The molecule has 19 heavy (non-hydrogen) atoms. The highest BCUT2D eigenvalue weighted by Crippen LogP contribution is 2.33. The van der Waals surface area contributed by atoms with Crippen LogP contribution in [-0.4, -0.2) is 51.7 Å². The molecule has 0 aromatic rings. The second kappa shape index (κ2) is 8.20. The van der Waals surface area contributed by atoms with E-state index in [1.54, 1.807) is 7.11 Å². The van der Waals surface area contributed by atoms with Gasteiger partial charge in [-0.2, -0.15) is 0 Å². The van der Waals surface area contributed by atoms with Crippen LogP contribution in [0, 0.1) is 0 Å². The van der Waals surface area contributed by atoms with E-state index in [2.05, 4.69) is 5.32 Å². The SMILES string of the molecule is COCCOCCCOC1(CNC2CC2)CCCC1. The molecular formula is C15H29NO3. The molecule has 2 fully saturated rings. The smallest absolute Gasteiger partial charge is 0.0806 e. The molecule has 0 heterocycles. The minimum atomic E-state index is 0.120. The van der Waals surface area contributed by atoms with Gasteiger partial charge in [-0.05, 0) is 32.1 Å². The quantitative estimate of drug-likeness (QED) is 0.584. The van der Waals surface area contributed by atoms with E-state index < -0.39 is 0 Å². The molecule has 2 rings (SSSR count). The number of hydrogen-bond acceptors (Lipinski definition) is 4. The molecule has 2 aliphatic rings. The first-order valence-corrected chi connectivity index (χ1v) is 7.79. The van der Waals surface area contributed by atoms with Crippen molar-refractivity contribution < 1.29 is 14.2 Å². The van der Waals surface area contributed by atoms with Gasteiger partial charge in [0, 0.05) is 32.9 Å². The van der Waals surface area contributed by atoms with Crippen LogP contribution in [0.25, 0.3) is 0 Å². The number of methoxy groups -OCH3 is 1. The zero-order chi connectivity index (χ0) is 13.4. The van der Waals surface area contributed by atoms with E-state index in [9.17, 15) is 0 Å². The lowest BCUT2D eigenvalue weighted by Gasteiger charge is -2.30. The van der Waals surface area contributed by atoms with E-state index in [4.69, 9.17) is 14.2 Å². The summed E-state index contributed by atoms with van der Waals surface area (Å²) in [5, 5.41) is 3.64. The first kappa shape index (κ1) is 15.2. The number of nitrogens with one attached hydrogen (secondary N) is 1. The molecule has 4 nitrogen and oxygen atoms in total. The maximum atomic E-state index is 6.20. The molecule has 0 aliphatic heterocycles. The summed E-state index contributed by atoms with van der Waals surface area (Å²) in [4.78, 5) is 0. The van der Waals surface area contributed by atoms with E-state index in [-0.39, 0.29) is 5.60 Å². The van der Waals surface area contributed by atoms with Crippen LogP contribution in [0.1, 0.15) is 44.9 Å². The van der Waals surface area contributed by atoms with Gasteiger partial charge in [0.15, 0.2) is 0 Å². The van der Waals surface area contributed by atoms with Crippen LogP contribution in [0.2, 0.25) is 0 Å². The Hall–Kier alpha value is -0.160. The predicted molar refractivity (Wildman–Crippen MR) is 75.5 cm³/mol. The van der Waals surface area contributed by atoms with Crippen LogP contribution in [-0.2, 0) is 14.2 Å². The summed E-state index contributed by atoms with van der Waals surface area (Å²) in [6.45, 7) is 4.00.